The molecule has 0 saturated heterocycles. The van der Waals surface area contributed by atoms with Crippen molar-refractivity contribution < 1.29 is 4.39 Å². The third-order valence-corrected chi connectivity index (χ3v) is 5.34. The molecule has 130 valence electrons. The van der Waals surface area contributed by atoms with Gasteiger partial charge in [-0.3, -0.25) is 0 Å². The molecule has 0 aliphatic rings. The number of rotatable bonds is 7. The number of thioether (sulfide) groups is 1. The van der Waals surface area contributed by atoms with Crippen LogP contribution in [0.5, 0.6) is 0 Å². The molecule has 1 aromatic heterocycles. The molecule has 1 heterocycles. The monoisotopic (exact) mass is 366 g/mol. The molecule has 4 nitrogen and oxygen atoms in total. The Hall–Kier alpha value is -1.60. The average Bonchev–Trinajstić information content (AvgIpc) is 2.89. The first kappa shape index (κ1) is 18.7. The van der Waals surface area contributed by atoms with Crippen LogP contribution in [0.3, 0.4) is 0 Å². The number of nitrogens with zero attached hydrogens (tertiary/aromatic N) is 2. The van der Waals surface area contributed by atoms with Gasteiger partial charge in [-0.15, -0.1) is 23.1 Å². The molecular weight excluding hydrogens is 343 g/mol. The fourth-order valence-corrected chi connectivity index (χ4v) is 3.59. The summed E-state index contributed by atoms with van der Waals surface area (Å²) in [6, 6.07) is 6.57. The van der Waals surface area contributed by atoms with E-state index in [4.69, 9.17) is 0 Å². The largest absolute Gasteiger partial charge is 0.357 e. The number of guanidine groups is 1. The Labute approximate surface area is 151 Å². The van der Waals surface area contributed by atoms with E-state index < -0.39 is 0 Å². The number of halogens is 1. The highest BCUT2D eigenvalue weighted by atomic mass is 32.2. The molecule has 0 aliphatic carbocycles. The Kier molecular flexibility index (Phi) is 7.52. The van der Waals surface area contributed by atoms with E-state index in [0.29, 0.717) is 6.54 Å². The van der Waals surface area contributed by atoms with Crippen LogP contribution in [0.4, 0.5) is 4.39 Å². The molecule has 2 N–H and O–H groups in total. The van der Waals surface area contributed by atoms with Crippen molar-refractivity contribution in [2.24, 2.45) is 4.99 Å². The Morgan fingerprint density at radius 1 is 1.25 bits per heavy atom. The molecule has 0 aliphatic heterocycles. The predicted molar refractivity (Wildman–Crippen MR) is 102 cm³/mol. The summed E-state index contributed by atoms with van der Waals surface area (Å²) in [6.07, 6.45) is 0. The maximum absolute atomic E-state index is 12.9. The highest BCUT2D eigenvalue weighted by Gasteiger charge is 2.04. The molecule has 0 radical (unpaired) electrons. The van der Waals surface area contributed by atoms with E-state index >= 15 is 0 Å². The van der Waals surface area contributed by atoms with Gasteiger partial charge in [-0.25, -0.2) is 14.4 Å². The van der Waals surface area contributed by atoms with Gasteiger partial charge in [-0.05, 0) is 45.0 Å². The molecule has 0 atom stereocenters. The maximum Gasteiger partial charge on any atom is 0.191 e. The van der Waals surface area contributed by atoms with Crippen LogP contribution in [-0.4, -0.2) is 29.8 Å². The average molecular weight is 367 g/mol. The normalized spacial score (nSPS) is 11.6. The number of benzene rings is 1. The van der Waals surface area contributed by atoms with Gasteiger partial charge in [0.25, 0.3) is 0 Å². The summed E-state index contributed by atoms with van der Waals surface area (Å²) >= 11 is 3.38. The van der Waals surface area contributed by atoms with Crippen molar-refractivity contribution in [3.05, 3.63) is 45.7 Å². The highest BCUT2D eigenvalue weighted by molar-refractivity contribution is 7.99. The van der Waals surface area contributed by atoms with Gasteiger partial charge in [-0.2, -0.15) is 0 Å². The van der Waals surface area contributed by atoms with Crippen LogP contribution in [0, 0.1) is 19.7 Å². The van der Waals surface area contributed by atoms with Crippen LogP contribution in [0.2, 0.25) is 0 Å². The smallest absolute Gasteiger partial charge is 0.191 e. The van der Waals surface area contributed by atoms with E-state index in [-0.39, 0.29) is 5.82 Å². The van der Waals surface area contributed by atoms with Gasteiger partial charge in [0.05, 0.1) is 12.2 Å². The zero-order valence-electron chi connectivity index (χ0n) is 14.2. The molecule has 0 bridgehead atoms. The predicted octanol–water partition coefficient (Wildman–Crippen LogP) is 3.75. The molecule has 0 spiro atoms. The molecule has 2 rings (SSSR count). The molecule has 2 aromatic rings. The third kappa shape index (κ3) is 6.13. The fraction of sp³-hybridized carbons (Fsp3) is 0.412. The van der Waals surface area contributed by atoms with E-state index in [1.807, 2.05) is 13.8 Å². The Balaban J connectivity index is 1.79. The molecule has 0 unspecified atom stereocenters. The Morgan fingerprint density at radius 2 is 2.00 bits per heavy atom. The second kappa shape index (κ2) is 9.64. The van der Waals surface area contributed by atoms with E-state index in [1.165, 1.54) is 17.0 Å². The lowest BCUT2D eigenvalue weighted by atomic mass is 10.4. The van der Waals surface area contributed by atoms with E-state index in [0.717, 1.165) is 40.4 Å². The topological polar surface area (TPSA) is 49.3 Å². The maximum atomic E-state index is 12.9. The van der Waals surface area contributed by atoms with E-state index in [9.17, 15) is 4.39 Å². The minimum Gasteiger partial charge on any atom is -0.357 e. The number of hydrogen-bond donors (Lipinski definition) is 2. The first-order valence-corrected chi connectivity index (χ1v) is 9.72. The van der Waals surface area contributed by atoms with Crippen LogP contribution in [0.15, 0.2) is 34.2 Å². The third-order valence-electron chi connectivity index (χ3n) is 3.27. The summed E-state index contributed by atoms with van der Waals surface area (Å²) < 4.78 is 12.9. The minimum atomic E-state index is -0.202. The van der Waals surface area contributed by atoms with Gasteiger partial charge >= 0.3 is 0 Å². The fourth-order valence-electron chi connectivity index (χ4n) is 1.96. The van der Waals surface area contributed by atoms with Crippen LogP contribution in [0.25, 0.3) is 0 Å². The summed E-state index contributed by atoms with van der Waals surface area (Å²) in [4.78, 5) is 11.4. The number of aryl methyl sites for hydroxylation is 2. The minimum absolute atomic E-state index is 0.202. The van der Waals surface area contributed by atoms with Crippen molar-refractivity contribution in [1.82, 2.24) is 15.6 Å². The van der Waals surface area contributed by atoms with E-state index in [1.54, 1.807) is 35.2 Å². The number of nitrogens with one attached hydrogen (secondary N) is 2. The standard InChI is InChI=1S/C17H23FN4S2/c1-4-19-17(21-11-16-22-12(2)13(3)24-16)20-9-10-23-15-7-5-14(18)6-8-15/h5-8H,4,9-11H2,1-3H3,(H2,19,20,21). The number of aromatic nitrogens is 1. The van der Waals surface area contributed by atoms with Gasteiger partial charge < -0.3 is 10.6 Å². The lowest BCUT2D eigenvalue weighted by Gasteiger charge is -2.10. The molecule has 0 saturated carbocycles. The lowest BCUT2D eigenvalue weighted by Crippen LogP contribution is -2.38. The number of thiazole rings is 1. The Bertz CT molecular complexity index is 648. The van der Waals surface area contributed by atoms with Crippen LogP contribution >= 0.6 is 23.1 Å². The second-order valence-electron chi connectivity index (χ2n) is 5.17. The second-order valence-corrected chi connectivity index (χ2v) is 7.63. The highest BCUT2D eigenvalue weighted by Crippen LogP contribution is 2.18. The first-order chi connectivity index (χ1) is 11.6. The lowest BCUT2D eigenvalue weighted by molar-refractivity contribution is 0.626. The summed E-state index contributed by atoms with van der Waals surface area (Å²) in [7, 11) is 0. The summed E-state index contributed by atoms with van der Waals surface area (Å²) in [6.45, 7) is 8.32. The van der Waals surface area contributed by atoms with Crippen molar-refractivity contribution in [3.8, 4) is 0 Å². The molecule has 24 heavy (non-hydrogen) atoms. The quantitative estimate of drug-likeness (QED) is 0.339. The van der Waals surface area contributed by atoms with Crippen molar-refractivity contribution in [1.29, 1.82) is 0 Å². The van der Waals surface area contributed by atoms with Gasteiger partial charge in [0.2, 0.25) is 0 Å². The van der Waals surface area contributed by atoms with Crippen molar-refractivity contribution in [2.75, 3.05) is 18.8 Å². The first-order valence-electron chi connectivity index (χ1n) is 7.92. The van der Waals surface area contributed by atoms with Crippen LogP contribution < -0.4 is 10.6 Å². The Morgan fingerprint density at radius 3 is 2.62 bits per heavy atom. The molecule has 7 heteroatoms. The van der Waals surface area contributed by atoms with Crippen LogP contribution in [-0.2, 0) is 6.54 Å². The molecular formula is C17H23FN4S2. The van der Waals surface area contributed by atoms with Gasteiger partial charge in [0.1, 0.15) is 10.8 Å². The summed E-state index contributed by atoms with van der Waals surface area (Å²) in [5.74, 6) is 1.47. The number of hydrogen-bond acceptors (Lipinski definition) is 4. The zero-order valence-corrected chi connectivity index (χ0v) is 15.9. The molecule has 0 amide bonds. The van der Waals surface area contributed by atoms with Crippen molar-refractivity contribution in [3.63, 3.8) is 0 Å². The van der Waals surface area contributed by atoms with E-state index in [2.05, 4.69) is 27.5 Å². The molecule has 0 fully saturated rings. The number of aliphatic imine (C=N–C) groups is 1. The SMILES string of the molecule is CCNC(=NCc1nc(C)c(C)s1)NCCSc1ccc(F)cc1. The molecule has 1 aromatic carbocycles. The zero-order chi connectivity index (χ0) is 17.4. The summed E-state index contributed by atoms with van der Waals surface area (Å²) in [5, 5.41) is 7.58. The van der Waals surface area contributed by atoms with Gasteiger partial charge in [-0.1, -0.05) is 0 Å². The van der Waals surface area contributed by atoms with Gasteiger partial charge in [0, 0.05) is 28.6 Å². The van der Waals surface area contributed by atoms with Crippen molar-refractivity contribution >= 4 is 29.1 Å². The van der Waals surface area contributed by atoms with Gasteiger partial charge in [0.15, 0.2) is 5.96 Å². The van der Waals surface area contributed by atoms with Crippen LogP contribution in [0.1, 0.15) is 22.5 Å². The summed E-state index contributed by atoms with van der Waals surface area (Å²) in [5.41, 5.74) is 1.08. The van der Waals surface area contributed by atoms with Crippen molar-refractivity contribution in [2.45, 2.75) is 32.2 Å².